The van der Waals surface area contributed by atoms with Gasteiger partial charge >= 0.3 is 0 Å². The van der Waals surface area contributed by atoms with Gasteiger partial charge in [-0.1, -0.05) is 61.5 Å². The quantitative estimate of drug-likeness (QED) is 0.645. The van der Waals surface area contributed by atoms with Crippen LogP contribution in [0, 0.1) is 0 Å². The number of rotatable bonds is 8. The fourth-order valence-electron chi connectivity index (χ4n) is 3.20. The van der Waals surface area contributed by atoms with E-state index in [9.17, 15) is 4.79 Å². The van der Waals surface area contributed by atoms with E-state index in [1.165, 1.54) is 5.56 Å². The van der Waals surface area contributed by atoms with Gasteiger partial charge in [0.2, 0.25) is 0 Å². The number of hydrogen-bond acceptors (Lipinski definition) is 2. The SMILES string of the molecule is CCc1ccc([C@H](C)NC(=O)C[NH2+][C@@H](c2ccccc2)c2ccco2)cc1. The Bertz CT molecular complexity index is 827. The second-order valence-electron chi connectivity index (χ2n) is 6.73. The van der Waals surface area contributed by atoms with Crippen molar-refractivity contribution in [2.24, 2.45) is 0 Å². The smallest absolute Gasteiger partial charge is 0.275 e. The van der Waals surface area contributed by atoms with Crippen LogP contribution in [0.2, 0.25) is 0 Å². The van der Waals surface area contributed by atoms with Gasteiger partial charge < -0.3 is 15.1 Å². The molecule has 140 valence electrons. The van der Waals surface area contributed by atoms with Gasteiger partial charge in [0.1, 0.15) is 0 Å². The molecule has 4 heteroatoms. The zero-order valence-electron chi connectivity index (χ0n) is 15.9. The number of quaternary nitrogens is 1. The van der Waals surface area contributed by atoms with Crippen molar-refractivity contribution < 1.29 is 14.5 Å². The minimum atomic E-state index is -0.0360. The normalized spacial score (nSPS) is 13.1. The van der Waals surface area contributed by atoms with Crippen LogP contribution in [0.4, 0.5) is 0 Å². The number of amides is 1. The molecular formula is C23H27N2O2+. The predicted molar refractivity (Wildman–Crippen MR) is 106 cm³/mol. The van der Waals surface area contributed by atoms with E-state index in [0.717, 1.165) is 23.3 Å². The van der Waals surface area contributed by atoms with E-state index in [2.05, 4.69) is 48.6 Å². The highest BCUT2D eigenvalue weighted by Crippen LogP contribution is 2.18. The topological polar surface area (TPSA) is 58.9 Å². The molecule has 4 nitrogen and oxygen atoms in total. The van der Waals surface area contributed by atoms with Crippen LogP contribution in [0.15, 0.2) is 77.4 Å². The van der Waals surface area contributed by atoms with Crippen molar-refractivity contribution in [3.8, 4) is 0 Å². The summed E-state index contributed by atoms with van der Waals surface area (Å²) in [7, 11) is 0. The van der Waals surface area contributed by atoms with E-state index < -0.39 is 0 Å². The van der Waals surface area contributed by atoms with Gasteiger partial charge in [-0.15, -0.1) is 0 Å². The average molecular weight is 363 g/mol. The summed E-state index contributed by atoms with van der Waals surface area (Å²) >= 11 is 0. The maximum atomic E-state index is 12.5. The molecule has 1 aromatic heterocycles. The van der Waals surface area contributed by atoms with E-state index >= 15 is 0 Å². The van der Waals surface area contributed by atoms with Crippen molar-refractivity contribution >= 4 is 5.91 Å². The molecular weight excluding hydrogens is 336 g/mol. The van der Waals surface area contributed by atoms with Crippen LogP contribution in [-0.4, -0.2) is 12.5 Å². The molecule has 0 aliphatic rings. The number of carbonyl (C=O) groups is 1. The Labute approximate surface area is 160 Å². The van der Waals surface area contributed by atoms with Crippen LogP contribution in [0.5, 0.6) is 0 Å². The minimum Gasteiger partial charge on any atom is -0.463 e. The van der Waals surface area contributed by atoms with Crippen molar-refractivity contribution in [3.05, 3.63) is 95.4 Å². The Morgan fingerprint density at radius 1 is 1.00 bits per heavy atom. The van der Waals surface area contributed by atoms with E-state index in [4.69, 9.17) is 4.42 Å². The summed E-state index contributed by atoms with van der Waals surface area (Å²) in [5.74, 6) is 0.853. The van der Waals surface area contributed by atoms with Gasteiger partial charge in [0.05, 0.1) is 12.3 Å². The minimum absolute atomic E-state index is 0.00885. The molecule has 0 saturated heterocycles. The fourth-order valence-corrected chi connectivity index (χ4v) is 3.20. The molecule has 0 radical (unpaired) electrons. The summed E-state index contributed by atoms with van der Waals surface area (Å²) in [5.41, 5.74) is 3.53. The van der Waals surface area contributed by atoms with E-state index in [1.807, 2.05) is 42.6 Å². The molecule has 0 aliphatic carbocycles. The van der Waals surface area contributed by atoms with E-state index in [-0.39, 0.29) is 18.0 Å². The van der Waals surface area contributed by atoms with Crippen molar-refractivity contribution in [1.82, 2.24) is 5.32 Å². The first kappa shape index (κ1) is 18.9. The molecule has 2 atom stereocenters. The molecule has 0 saturated carbocycles. The Hall–Kier alpha value is -2.85. The van der Waals surface area contributed by atoms with E-state index in [0.29, 0.717) is 6.54 Å². The van der Waals surface area contributed by atoms with Crippen LogP contribution >= 0.6 is 0 Å². The number of benzene rings is 2. The van der Waals surface area contributed by atoms with Crippen LogP contribution in [-0.2, 0) is 11.2 Å². The molecule has 3 N–H and O–H groups in total. The molecule has 3 rings (SSSR count). The molecule has 0 bridgehead atoms. The molecule has 0 spiro atoms. The zero-order valence-corrected chi connectivity index (χ0v) is 15.9. The van der Waals surface area contributed by atoms with Gasteiger partial charge in [-0.3, -0.25) is 4.79 Å². The predicted octanol–water partition coefficient (Wildman–Crippen LogP) is 3.37. The van der Waals surface area contributed by atoms with Gasteiger partial charge in [-0.2, -0.15) is 0 Å². The van der Waals surface area contributed by atoms with Crippen LogP contribution < -0.4 is 10.6 Å². The van der Waals surface area contributed by atoms with Gasteiger partial charge in [0, 0.05) is 5.56 Å². The maximum absolute atomic E-state index is 12.5. The highest BCUT2D eigenvalue weighted by atomic mass is 16.3. The third-order valence-electron chi connectivity index (χ3n) is 4.81. The largest absolute Gasteiger partial charge is 0.463 e. The summed E-state index contributed by atoms with van der Waals surface area (Å²) in [6.07, 6.45) is 2.69. The molecule has 3 aromatic rings. The molecule has 0 aliphatic heterocycles. The highest BCUT2D eigenvalue weighted by Gasteiger charge is 2.22. The summed E-state index contributed by atoms with van der Waals surface area (Å²) in [5, 5.41) is 5.10. The van der Waals surface area contributed by atoms with Crippen molar-refractivity contribution in [1.29, 1.82) is 0 Å². The van der Waals surface area contributed by atoms with E-state index in [1.54, 1.807) is 6.26 Å². The lowest BCUT2D eigenvalue weighted by atomic mass is 10.0. The first-order valence-electron chi connectivity index (χ1n) is 9.47. The number of furan rings is 1. The number of aryl methyl sites for hydroxylation is 1. The highest BCUT2D eigenvalue weighted by molar-refractivity contribution is 5.77. The number of hydrogen-bond donors (Lipinski definition) is 2. The van der Waals surface area contributed by atoms with Gasteiger partial charge in [-0.25, -0.2) is 0 Å². The van der Waals surface area contributed by atoms with Gasteiger partial charge in [-0.05, 0) is 36.6 Å². The van der Waals surface area contributed by atoms with Gasteiger partial charge in [0.25, 0.3) is 5.91 Å². The number of nitrogens with one attached hydrogen (secondary N) is 1. The number of carbonyl (C=O) groups excluding carboxylic acids is 1. The first-order chi connectivity index (χ1) is 13.2. The summed E-state index contributed by atoms with van der Waals surface area (Å²) in [6.45, 7) is 4.48. The Morgan fingerprint density at radius 3 is 2.37 bits per heavy atom. The van der Waals surface area contributed by atoms with Crippen LogP contribution in [0.1, 0.15) is 48.4 Å². The zero-order chi connectivity index (χ0) is 19.1. The maximum Gasteiger partial charge on any atom is 0.275 e. The lowest BCUT2D eigenvalue weighted by Gasteiger charge is -2.17. The van der Waals surface area contributed by atoms with Crippen LogP contribution in [0.3, 0.4) is 0 Å². The molecule has 0 fully saturated rings. The molecule has 1 amide bonds. The second-order valence-corrected chi connectivity index (χ2v) is 6.73. The molecule has 1 heterocycles. The van der Waals surface area contributed by atoms with Gasteiger partial charge in [0.15, 0.2) is 18.3 Å². The Balaban J connectivity index is 1.60. The fraction of sp³-hybridized carbons (Fsp3) is 0.261. The summed E-state index contributed by atoms with van der Waals surface area (Å²) in [6, 6.07) is 22.3. The molecule has 27 heavy (non-hydrogen) atoms. The van der Waals surface area contributed by atoms with Crippen molar-refractivity contribution in [3.63, 3.8) is 0 Å². The number of nitrogens with two attached hydrogens (primary N) is 1. The van der Waals surface area contributed by atoms with Crippen molar-refractivity contribution in [2.45, 2.75) is 32.4 Å². The lowest BCUT2D eigenvalue weighted by Crippen LogP contribution is -2.87. The summed E-state index contributed by atoms with van der Waals surface area (Å²) in [4.78, 5) is 12.5. The van der Waals surface area contributed by atoms with Crippen LogP contribution in [0.25, 0.3) is 0 Å². The summed E-state index contributed by atoms with van der Waals surface area (Å²) < 4.78 is 5.59. The third-order valence-corrected chi connectivity index (χ3v) is 4.81. The first-order valence-corrected chi connectivity index (χ1v) is 9.47. The Morgan fingerprint density at radius 2 is 1.74 bits per heavy atom. The molecule has 2 aromatic carbocycles. The average Bonchev–Trinajstić information content (AvgIpc) is 3.23. The van der Waals surface area contributed by atoms with Crippen molar-refractivity contribution in [2.75, 3.05) is 6.54 Å². The monoisotopic (exact) mass is 363 g/mol. The lowest BCUT2D eigenvalue weighted by molar-refractivity contribution is -0.678. The second kappa shape index (κ2) is 9.19. The molecule has 0 unspecified atom stereocenters. The standard InChI is InChI=1S/C23H26N2O2/c1-3-18-11-13-19(14-12-18)17(2)25-22(26)16-24-23(21-10-7-15-27-21)20-8-5-4-6-9-20/h4-15,17,23-24H,3,16H2,1-2H3,(H,25,26)/p+1/t17-,23-/m0/s1. The Kier molecular flexibility index (Phi) is 6.44. The third kappa shape index (κ3) is 5.08.